The molecule has 0 unspecified atom stereocenters. The Labute approximate surface area is 103 Å². The number of rotatable bonds is 2. The van der Waals surface area contributed by atoms with Crippen LogP contribution in [0, 0.1) is 6.92 Å². The van der Waals surface area contributed by atoms with Crippen LogP contribution >= 0.6 is 0 Å². The Morgan fingerprint density at radius 2 is 2.12 bits per heavy atom. The van der Waals surface area contributed by atoms with Crippen LogP contribution < -0.4 is 10.2 Å². The molecular formula is C14H21N3. The van der Waals surface area contributed by atoms with E-state index in [1.165, 1.54) is 55.7 Å². The van der Waals surface area contributed by atoms with Gasteiger partial charge in [-0.3, -0.25) is 0 Å². The largest absolute Gasteiger partial charge is 0.356 e. The van der Waals surface area contributed by atoms with Gasteiger partial charge in [-0.15, -0.1) is 0 Å². The van der Waals surface area contributed by atoms with Gasteiger partial charge in [-0.1, -0.05) is 0 Å². The molecule has 3 nitrogen and oxygen atoms in total. The summed E-state index contributed by atoms with van der Waals surface area (Å²) >= 11 is 0. The first-order valence-corrected chi connectivity index (χ1v) is 6.79. The van der Waals surface area contributed by atoms with Crippen molar-refractivity contribution in [2.75, 3.05) is 24.5 Å². The van der Waals surface area contributed by atoms with Gasteiger partial charge in [-0.05, 0) is 56.3 Å². The average Bonchev–Trinajstić information content (AvgIpc) is 3.02. The number of nitrogens with one attached hydrogen (secondary N) is 1. The maximum absolute atomic E-state index is 4.69. The van der Waals surface area contributed by atoms with Crippen LogP contribution in [0.4, 0.5) is 5.82 Å². The summed E-state index contributed by atoms with van der Waals surface area (Å²) in [6.07, 6.45) is 7.24. The summed E-state index contributed by atoms with van der Waals surface area (Å²) in [6.45, 7) is 5.69. The summed E-state index contributed by atoms with van der Waals surface area (Å²) in [4.78, 5) is 7.11. The molecule has 0 saturated carbocycles. The van der Waals surface area contributed by atoms with E-state index in [0.29, 0.717) is 6.04 Å². The molecule has 0 aliphatic carbocycles. The maximum atomic E-state index is 4.69. The van der Waals surface area contributed by atoms with Crippen molar-refractivity contribution in [1.29, 1.82) is 0 Å². The SMILES string of the molecule is Cc1cc([C@H]2CCCN2)cnc1N1CCCC1. The highest BCUT2D eigenvalue weighted by atomic mass is 15.2. The Balaban J connectivity index is 1.82. The minimum Gasteiger partial charge on any atom is -0.356 e. The lowest BCUT2D eigenvalue weighted by Crippen LogP contribution is -2.21. The topological polar surface area (TPSA) is 28.2 Å². The van der Waals surface area contributed by atoms with Gasteiger partial charge in [-0.25, -0.2) is 4.98 Å². The second-order valence-corrected chi connectivity index (χ2v) is 5.25. The van der Waals surface area contributed by atoms with Gasteiger partial charge in [0.2, 0.25) is 0 Å². The fourth-order valence-corrected chi connectivity index (χ4v) is 3.01. The summed E-state index contributed by atoms with van der Waals surface area (Å²) in [5.74, 6) is 1.20. The molecule has 3 rings (SSSR count). The Morgan fingerprint density at radius 1 is 1.29 bits per heavy atom. The van der Waals surface area contributed by atoms with Crippen molar-refractivity contribution in [3.63, 3.8) is 0 Å². The fourth-order valence-electron chi connectivity index (χ4n) is 3.01. The molecule has 1 aromatic heterocycles. The zero-order chi connectivity index (χ0) is 11.7. The van der Waals surface area contributed by atoms with Gasteiger partial charge >= 0.3 is 0 Å². The molecule has 2 saturated heterocycles. The van der Waals surface area contributed by atoms with Gasteiger partial charge in [0.15, 0.2) is 0 Å². The molecule has 92 valence electrons. The third kappa shape index (κ3) is 2.16. The second kappa shape index (κ2) is 4.65. The van der Waals surface area contributed by atoms with E-state index in [2.05, 4.69) is 29.4 Å². The van der Waals surface area contributed by atoms with E-state index in [1.54, 1.807) is 0 Å². The summed E-state index contributed by atoms with van der Waals surface area (Å²) in [7, 11) is 0. The second-order valence-electron chi connectivity index (χ2n) is 5.25. The summed E-state index contributed by atoms with van der Waals surface area (Å²) in [6, 6.07) is 2.86. The molecule has 2 aliphatic heterocycles. The predicted molar refractivity (Wildman–Crippen MR) is 70.4 cm³/mol. The zero-order valence-corrected chi connectivity index (χ0v) is 10.6. The Hall–Kier alpha value is -1.09. The van der Waals surface area contributed by atoms with Crippen LogP contribution in [-0.4, -0.2) is 24.6 Å². The summed E-state index contributed by atoms with van der Waals surface area (Å²) < 4.78 is 0. The van der Waals surface area contributed by atoms with E-state index in [4.69, 9.17) is 4.98 Å². The number of anilines is 1. The normalized spacial score (nSPS) is 24.5. The van der Waals surface area contributed by atoms with Crippen molar-refractivity contribution in [3.05, 3.63) is 23.4 Å². The number of pyridine rings is 1. The zero-order valence-electron chi connectivity index (χ0n) is 10.6. The quantitative estimate of drug-likeness (QED) is 0.847. The number of aryl methyl sites for hydroxylation is 1. The molecule has 3 heteroatoms. The third-order valence-electron chi connectivity index (χ3n) is 3.94. The van der Waals surface area contributed by atoms with Crippen LogP contribution in [0.5, 0.6) is 0 Å². The minimum absolute atomic E-state index is 0.536. The molecule has 0 aromatic carbocycles. The van der Waals surface area contributed by atoms with E-state index in [-0.39, 0.29) is 0 Å². The first kappa shape index (κ1) is 11.0. The lowest BCUT2D eigenvalue weighted by Gasteiger charge is -2.20. The Kier molecular flexibility index (Phi) is 3.02. The fraction of sp³-hybridized carbons (Fsp3) is 0.643. The molecule has 3 heterocycles. The third-order valence-corrected chi connectivity index (χ3v) is 3.94. The van der Waals surface area contributed by atoms with Crippen molar-refractivity contribution in [2.45, 2.75) is 38.6 Å². The Bertz CT molecular complexity index is 390. The van der Waals surface area contributed by atoms with Crippen molar-refractivity contribution in [3.8, 4) is 0 Å². The molecule has 2 fully saturated rings. The van der Waals surface area contributed by atoms with Crippen LogP contribution in [0.25, 0.3) is 0 Å². The van der Waals surface area contributed by atoms with Crippen LogP contribution in [0.15, 0.2) is 12.3 Å². The number of nitrogens with zero attached hydrogens (tertiary/aromatic N) is 2. The smallest absolute Gasteiger partial charge is 0.131 e. The molecule has 2 aliphatic rings. The highest BCUT2D eigenvalue weighted by Gasteiger charge is 2.19. The molecular weight excluding hydrogens is 210 g/mol. The van der Waals surface area contributed by atoms with Gasteiger partial charge in [0.1, 0.15) is 5.82 Å². The molecule has 0 radical (unpaired) electrons. The lowest BCUT2D eigenvalue weighted by molar-refractivity contribution is 0.644. The first-order valence-electron chi connectivity index (χ1n) is 6.79. The number of hydrogen-bond donors (Lipinski definition) is 1. The standard InChI is InChI=1S/C14H21N3/c1-11-9-12(13-5-4-6-15-13)10-16-14(11)17-7-2-3-8-17/h9-10,13,15H,2-8H2,1H3/t13-/m1/s1. The van der Waals surface area contributed by atoms with Gasteiger partial charge in [-0.2, -0.15) is 0 Å². The van der Waals surface area contributed by atoms with E-state index < -0.39 is 0 Å². The predicted octanol–water partition coefficient (Wildman–Crippen LogP) is 2.41. The van der Waals surface area contributed by atoms with Gasteiger partial charge in [0, 0.05) is 25.3 Å². The van der Waals surface area contributed by atoms with Gasteiger partial charge in [0.05, 0.1) is 0 Å². The van der Waals surface area contributed by atoms with Gasteiger partial charge < -0.3 is 10.2 Å². The molecule has 0 bridgehead atoms. The van der Waals surface area contributed by atoms with E-state index in [9.17, 15) is 0 Å². The first-order chi connectivity index (χ1) is 8.34. The monoisotopic (exact) mass is 231 g/mol. The Morgan fingerprint density at radius 3 is 2.76 bits per heavy atom. The minimum atomic E-state index is 0.536. The van der Waals surface area contributed by atoms with Crippen molar-refractivity contribution in [1.82, 2.24) is 10.3 Å². The van der Waals surface area contributed by atoms with E-state index in [0.717, 1.165) is 6.54 Å². The molecule has 1 atom stereocenters. The van der Waals surface area contributed by atoms with Crippen LogP contribution in [0.2, 0.25) is 0 Å². The summed E-state index contributed by atoms with van der Waals surface area (Å²) in [5, 5.41) is 3.54. The molecule has 17 heavy (non-hydrogen) atoms. The maximum Gasteiger partial charge on any atom is 0.131 e. The molecule has 1 aromatic rings. The van der Waals surface area contributed by atoms with Crippen molar-refractivity contribution < 1.29 is 0 Å². The van der Waals surface area contributed by atoms with Crippen LogP contribution in [-0.2, 0) is 0 Å². The van der Waals surface area contributed by atoms with Crippen LogP contribution in [0.1, 0.15) is 42.9 Å². The van der Waals surface area contributed by atoms with Crippen LogP contribution in [0.3, 0.4) is 0 Å². The van der Waals surface area contributed by atoms with Crippen molar-refractivity contribution in [2.24, 2.45) is 0 Å². The molecule has 0 spiro atoms. The summed E-state index contributed by atoms with van der Waals surface area (Å²) in [5.41, 5.74) is 2.70. The highest BCUT2D eigenvalue weighted by Crippen LogP contribution is 2.27. The van der Waals surface area contributed by atoms with E-state index in [1.807, 2.05) is 0 Å². The van der Waals surface area contributed by atoms with Crippen molar-refractivity contribution >= 4 is 5.82 Å². The highest BCUT2D eigenvalue weighted by molar-refractivity contribution is 5.48. The van der Waals surface area contributed by atoms with E-state index >= 15 is 0 Å². The lowest BCUT2D eigenvalue weighted by atomic mass is 10.1. The number of hydrogen-bond acceptors (Lipinski definition) is 3. The average molecular weight is 231 g/mol. The molecule has 0 amide bonds. The van der Waals surface area contributed by atoms with Gasteiger partial charge in [0.25, 0.3) is 0 Å². The molecule has 1 N–H and O–H groups in total. The number of aromatic nitrogens is 1.